The topological polar surface area (TPSA) is 0 Å². The van der Waals surface area contributed by atoms with Crippen molar-refractivity contribution in [2.75, 3.05) is 0 Å². The van der Waals surface area contributed by atoms with Crippen LogP contribution in [0.15, 0.2) is 109 Å². The zero-order valence-corrected chi connectivity index (χ0v) is 37.6. The number of benzene rings is 4. The van der Waals surface area contributed by atoms with Crippen molar-refractivity contribution in [3.05, 3.63) is 149 Å². The Morgan fingerprint density at radius 3 is 1.30 bits per heavy atom. The van der Waals surface area contributed by atoms with E-state index in [0.717, 1.165) is 18.3 Å². The molecule has 284 valence electrons. The fourth-order valence-electron chi connectivity index (χ4n) is 8.18. The van der Waals surface area contributed by atoms with Crippen LogP contribution in [0.25, 0.3) is 21.5 Å². The first kappa shape index (κ1) is 44.3. The molecule has 0 unspecified atom stereocenters. The minimum absolute atomic E-state index is 0. The van der Waals surface area contributed by atoms with E-state index in [2.05, 4.69) is 145 Å². The third-order valence-corrected chi connectivity index (χ3v) is 13.0. The molecule has 3 aliphatic rings. The quantitative estimate of drug-likeness (QED) is 0.160. The van der Waals surface area contributed by atoms with Crippen LogP contribution >= 0.6 is 0 Å². The molecule has 5 aromatic carbocycles. The number of rotatable bonds is 4. The van der Waals surface area contributed by atoms with Crippen molar-refractivity contribution in [3.8, 4) is 0 Å². The van der Waals surface area contributed by atoms with E-state index in [4.69, 9.17) is 0 Å². The van der Waals surface area contributed by atoms with E-state index in [1.54, 1.807) is 11.1 Å². The van der Waals surface area contributed by atoms with E-state index >= 15 is 0 Å². The second-order valence-electron chi connectivity index (χ2n) is 17.5. The van der Waals surface area contributed by atoms with Crippen molar-refractivity contribution < 1.29 is 49.0 Å². The van der Waals surface area contributed by atoms with Crippen LogP contribution in [0.4, 0.5) is 0 Å². The van der Waals surface area contributed by atoms with E-state index < -0.39 is 0 Å². The zero-order chi connectivity index (χ0) is 36.7. The third kappa shape index (κ3) is 11.6. The van der Waals surface area contributed by atoms with Gasteiger partial charge in [0.1, 0.15) is 0 Å². The molecule has 54 heavy (non-hydrogen) atoms. The van der Waals surface area contributed by atoms with Gasteiger partial charge in [-0.3, -0.25) is 6.08 Å². The number of hydrogen-bond donors (Lipinski definition) is 0. The molecule has 0 nitrogen and oxygen atoms in total. The maximum absolute atomic E-state index is 2.99. The summed E-state index contributed by atoms with van der Waals surface area (Å²) in [7, 11) is 0. The summed E-state index contributed by atoms with van der Waals surface area (Å²) in [5, 5.41) is 5.48. The van der Waals surface area contributed by atoms with Gasteiger partial charge in [0.2, 0.25) is 0 Å². The Labute approximate surface area is 354 Å². The van der Waals surface area contributed by atoms with E-state index in [1.165, 1.54) is 135 Å². The van der Waals surface area contributed by atoms with Gasteiger partial charge >= 0.3 is 174 Å². The van der Waals surface area contributed by atoms with Crippen molar-refractivity contribution in [1.29, 1.82) is 0 Å². The maximum atomic E-state index is 2.99. The molecule has 0 bridgehead atoms. The summed E-state index contributed by atoms with van der Waals surface area (Å²) < 4.78 is 1.49. The number of hydrogen-bond acceptors (Lipinski definition) is 0. The Kier molecular flexibility index (Phi) is 16.5. The van der Waals surface area contributed by atoms with Gasteiger partial charge in [0.15, 0.2) is 0 Å². The SMILES string of the molecule is CC(C)(C)c1ccc2c(c1)[cH-]c1cc(C(C)(C)C)ccc12.[C-]1=CC=CC1.[Cl-].[Cl-].[Zr+2]=[C](c1ccc(C2CCCCC2)cc1)c1ccc(C2CCCCC2)cc1. The van der Waals surface area contributed by atoms with Crippen molar-refractivity contribution >= 4 is 24.8 Å². The first-order valence-corrected chi connectivity index (χ1v) is 21.4. The Morgan fingerprint density at radius 1 is 0.574 bits per heavy atom. The standard InChI is InChI=1S/C25H30.C21H25.C5H5.2ClH.Zr/c1-3-7-22(8-4-1)24-15-11-20(12-16-24)19-21-13-17-25(18-14-21)23-9-5-2-6-10-23;1-20(2,3)16-7-9-18-14(12-16)11-15-13-17(21(4,5)6)8-10-19(15)18;1-2-4-5-3-1;;;/h11-18,22-23H,1-10H2;7-13H,1-6H3;1-3H,4H2;2*1H;/q;2*-1;;;+2/p-2. The number of halogens is 2. The van der Waals surface area contributed by atoms with Crippen molar-refractivity contribution in [2.24, 2.45) is 0 Å². The summed E-state index contributed by atoms with van der Waals surface area (Å²) in [5.74, 6) is 1.61. The third-order valence-electron chi connectivity index (χ3n) is 11.6. The predicted molar refractivity (Wildman–Crippen MR) is 224 cm³/mol. The Hall–Kier alpha value is -2.44. The first-order chi connectivity index (χ1) is 25.0. The van der Waals surface area contributed by atoms with Gasteiger partial charge < -0.3 is 24.8 Å². The molecule has 2 saturated carbocycles. The van der Waals surface area contributed by atoms with Crippen LogP contribution in [-0.4, -0.2) is 3.21 Å². The molecule has 3 heteroatoms. The first-order valence-electron chi connectivity index (χ1n) is 20.1. The van der Waals surface area contributed by atoms with Crippen LogP contribution in [0, 0.1) is 6.08 Å². The van der Waals surface area contributed by atoms with Crippen molar-refractivity contribution in [1.82, 2.24) is 0 Å². The summed E-state index contributed by atoms with van der Waals surface area (Å²) in [5.41, 5.74) is 9.15. The molecule has 5 aromatic rings. The molecular formula is C51H60Cl2Zr-2. The number of fused-ring (bicyclic) bond motifs is 3. The summed E-state index contributed by atoms with van der Waals surface area (Å²) in [6.45, 7) is 13.6. The van der Waals surface area contributed by atoms with Crippen LogP contribution in [0.5, 0.6) is 0 Å². The fourth-order valence-corrected chi connectivity index (χ4v) is 9.00. The van der Waals surface area contributed by atoms with Gasteiger partial charge in [-0.2, -0.15) is 6.08 Å². The van der Waals surface area contributed by atoms with Crippen LogP contribution in [0.3, 0.4) is 0 Å². The Bertz CT molecular complexity index is 1840. The van der Waals surface area contributed by atoms with Gasteiger partial charge in [0.05, 0.1) is 0 Å². The fraction of sp³-hybridized carbons (Fsp3) is 0.412. The van der Waals surface area contributed by atoms with Gasteiger partial charge in [-0.25, -0.2) is 12.2 Å². The molecule has 3 aliphatic carbocycles. The summed E-state index contributed by atoms with van der Waals surface area (Å²) in [6.07, 6.45) is 24.1. The van der Waals surface area contributed by atoms with Gasteiger partial charge in [-0.15, -0.1) is 46.2 Å². The van der Waals surface area contributed by atoms with Gasteiger partial charge in [0.25, 0.3) is 0 Å². The van der Waals surface area contributed by atoms with Crippen molar-refractivity contribution in [3.63, 3.8) is 0 Å². The molecule has 0 amide bonds. The van der Waals surface area contributed by atoms with E-state index in [-0.39, 0.29) is 35.6 Å². The summed E-state index contributed by atoms with van der Waals surface area (Å²) >= 11 is 1.51. The van der Waals surface area contributed by atoms with Crippen LogP contribution in [-0.2, 0) is 35.1 Å². The molecule has 8 rings (SSSR count). The predicted octanol–water partition coefficient (Wildman–Crippen LogP) is 8.52. The van der Waals surface area contributed by atoms with Crippen LogP contribution < -0.4 is 24.8 Å². The normalized spacial score (nSPS) is 16.1. The molecular weight excluding hydrogens is 775 g/mol. The van der Waals surface area contributed by atoms with Gasteiger partial charge in [-0.05, 0) is 10.8 Å². The monoisotopic (exact) mass is 832 g/mol. The van der Waals surface area contributed by atoms with Gasteiger partial charge in [0, 0.05) is 0 Å². The molecule has 0 radical (unpaired) electrons. The van der Waals surface area contributed by atoms with E-state index in [1.807, 2.05) is 12.2 Å². The summed E-state index contributed by atoms with van der Waals surface area (Å²) in [6, 6.07) is 35.2. The zero-order valence-electron chi connectivity index (χ0n) is 33.6. The van der Waals surface area contributed by atoms with Crippen LogP contribution in [0.1, 0.15) is 157 Å². The molecule has 0 heterocycles. The second kappa shape index (κ2) is 20.1. The Balaban J connectivity index is 0.000000209. The minimum atomic E-state index is 0. The molecule has 0 aliphatic heterocycles. The second-order valence-corrected chi connectivity index (χ2v) is 18.8. The van der Waals surface area contributed by atoms with Gasteiger partial charge in [-0.1, -0.05) is 76.9 Å². The Morgan fingerprint density at radius 2 is 0.981 bits per heavy atom. The summed E-state index contributed by atoms with van der Waals surface area (Å²) in [4.78, 5) is 0. The van der Waals surface area contributed by atoms with E-state index in [0.29, 0.717) is 0 Å². The molecule has 0 N–H and O–H groups in total. The average Bonchev–Trinajstić information content (AvgIpc) is 3.87. The van der Waals surface area contributed by atoms with E-state index in [9.17, 15) is 0 Å². The van der Waals surface area contributed by atoms with Crippen LogP contribution in [0.2, 0.25) is 0 Å². The van der Waals surface area contributed by atoms with Crippen molar-refractivity contribution in [2.45, 2.75) is 135 Å². The average molecular weight is 835 g/mol. The molecule has 0 saturated heterocycles. The molecule has 2 fully saturated rings. The molecule has 0 spiro atoms. The molecule has 0 aromatic heterocycles. The number of allylic oxidation sites excluding steroid dienone is 4. The molecule has 0 atom stereocenters.